The maximum absolute atomic E-state index is 12.5. The van der Waals surface area contributed by atoms with Crippen molar-refractivity contribution in [2.75, 3.05) is 19.8 Å². The molecular weight excluding hydrogens is 216 g/mol. The van der Waals surface area contributed by atoms with Gasteiger partial charge < -0.3 is 9.64 Å². The smallest absolute Gasteiger partial charge is 0.243 e. The quantitative estimate of drug-likeness (QED) is 0.752. The Balaban J connectivity index is 2.89. The van der Waals surface area contributed by atoms with E-state index in [1.807, 2.05) is 25.7 Å². The van der Waals surface area contributed by atoms with E-state index in [2.05, 4.69) is 6.07 Å². The van der Waals surface area contributed by atoms with E-state index in [1.54, 1.807) is 0 Å². The predicted octanol–water partition coefficient (Wildman–Crippen LogP) is 1.95. The minimum absolute atomic E-state index is 0.0137. The van der Waals surface area contributed by atoms with Gasteiger partial charge in [0.1, 0.15) is 5.41 Å². The minimum atomic E-state index is -0.842. The molecule has 1 aliphatic heterocycles. The van der Waals surface area contributed by atoms with Gasteiger partial charge in [-0.3, -0.25) is 4.79 Å². The van der Waals surface area contributed by atoms with Gasteiger partial charge in [-0.2, -0.15) is 5.26 Å². The Morgan fingerprint density at radius 3 is 2.59 bits per heavy atom. The van der Waals surface area contributed by atoms with Crippen molar-refractivity contribution in [3.05, 3.63) is 0 Å². The summed E-state index contributed by atoms with van der Waals surface area (Å²) in [6, 6.07) is 2.35. The van der Waals surface area contributed by atoms with Gasteiger partial charge in [-0.15, -0.1) is 0 Å². The van der Waals surface area contributed by atoms with Crippen LogP contribution in [0.15, 0.2) is 0 Å². The number of nitrogens with zero attached hydrogens (tertiary/aromatic N) is 2. The molecule has 0 N–H and O–H groups in total. The summed E-state index contributed by atoms with van der Waals surface area (Å²) >= 11 is 0. The first-order valence-corrected chi connectivity index (χ1v) is 6.45. The Morgan fingerprint density at radius 2 is 2.12 bits per heavy atom. The molecule has 1 aliphatic rings. The van der Waals surface area contributed by atoms with Crippen molar-refractivity contribution >= 4 is 5.91 Å². The van der Waals surface area contributed by atoms with Gasteiger partial charge in [0.15, 0.2) is 0 Å². The monoisotopic (exact) mass is 238 g/mol. The van der Waals surface area contributed by atoms with Gasteiger partial charge in [-0.1, -0.05) is 20.8 Å². The van der Waals surface area contributed by atoms with E-state index in [0.29, 0.717) is 32.6 Å². The second-order valence-electron chi connectivity index (χ2n) is 4.54. The van der Waals surface area contributed by atoms with Crippen LogP contribution in [-0.2, 0) is 9.53 Å². The first-order chi connectivity index (χ1) is 8.15. The van der Waals surface area contributed by atoms with Gasteiger partial charge in [-0.25, -0.2) is 0 Å². The fraction of sp³-hybridized carbons (Fsp3) is 0.846. The third-order valence-corrected chi connectivity index (χ3v) is 3.79. The average Bonchev–Trinajstić information content (AvgIpc) is 2.41. The molecule has 1 fully saturated rings. The Bertz CT molecular complexity index is 305. The van der Waals surface area contributed by atoms with E-state index in [9.17, 15) is 10.1 Å². The molecular formula is C13H22N2O2. The van der Waals surface area contributed by atoms with Crippen LogP contribution in [0.5, 0.6) is 0 Å². The predicted molar refractivity (Wildman–Crippen MR) is 65.2 cm³/mol. The highest BCUT2D eigenvalue weighted by Gasteiger charge is 2.41. The summed E-state index contributed by atoms with van der Waals surface area (Å²) < 4.78 is 5.39. The van der Waals surface area contributed by atoms with Gasteiger partial charge in [0.2, 0.25) is 5.91 Å². The summed E-state index contributed by atoms with van der Waals surface area (Å²) in [5, 5.41) is 9.31. The number of carbonyl (C=O) groups excluding carboxylic acids is 1. The van der Waals surface area contributed by atoms with Crippen LogP contribution in [0.2, 0.25) is 0 Å². The molecule has 1 amide bonds. The third kappa shape index (κ3) is 2.61. The normalized spacial score (nSPS) is 21.1. The number of ether oxygens (including phenoxy) is 1. The molecule has 0 aliphatic carbocycles. The molecule has 1 heterocycles. The van der Waals surface area contributed by atoms with E-state index < -0.39 is 5.41 Å². The maximum Gasteiger partial charge on any atom is 0.243 e. The van der Waals surface area contributed by atoms with Crippen LogP contribution in [0, 0.1) is 16.7 Å². The van der Waals surface area contributed by atoms with E-state index in [0.717, 1.165) is 6.42 Å². The van der Waals surface area contributed by atoms with Crippen molar-refractivity contribution < 1.29 is 9.53 Å². The largest absolute Gasteiger partial charge is 0.377 e. The van der Waals surface area contributed by atoms with Gasteiger partial charge in [0.25, 0.3) is 0 Å². The molecule has 0 bridgehead atoms. The summed E-state index contributed by atoms with van der Waals surface area (Å²) in [4.78, 5) is 14.4. The molecule has 0 saturated carbocycles. The van der Waals surface area contributed by atoms with Gasteiger partial charge in [0, 0.05) is 6.54 Å². The number of rotatable bonds is 4. The van der Waals surface area contributed by atoms with Crippen molar-refractivity contribution in [2.24, 2.45) is 5.41 Å². The molecule has 1 rings (SSSR count). The first-order valence-electron chi connectivity index (χ1n) is 6.45. The molecule has 0 spiro atoms. The minimum Gasteiger partial charge on any atom is -0.377 e. The lowest BCUT2D eigenvalue weighted by Gasteiger charge is -2.39. The molecule has 0 radical (unpaired) electrons. The number of carbonyl (C=O) groups is 1. The van der Waals surface area contributed by atoms with Crippen molar-refractivity contribution in [2.45, 2.75) is 46.1 Å². The van der Waals surface area contributed by atoms with Gasteiger partial charge in [-0.05, 0) is 19.3 Å². The molecule has 0 aromatic rings. The Hall–Kier alpha value is -1.08. The fourth-order valence-corrected chi connectivity index (χ4v) is 2.29. The molecule has 17 heavy (non-hydrogen) atoms. The highest BCUT2D eigenvalue weighted by atomic mass is 16.5. The molecule has 96 valence electrons. The van der Waals surface area contributed by atoms with Crippen molar-refractivity contribution in [1.29, 1.82) is 5.26 Å². The molecule has 1 unspecified atom stereocenters. The molecule has 1 atom stereocenters. The lowest BCUT2D eigenvalue weighted by Crippen LogP contribution is -2.53. The van der Waals surface area contributed by atoms with E-state index in [-0.39, 0.29) is 11.9 Å². The van der Waals surface area contributed by atoms with Gasteiger partial charge >= 0.3 is 0 Å². The summed E-state index contributed by atoms with van der Waals surface area (Å²) in [5.41, 5.74) is -0.842. The van der Waals surface area contributed by atoms with Crippen molar-refractivity contribution in [1.82, 2.24) is 4.90 Å². The molecule has 1 saturated heterocycles. The van der Waals surface area contributed by atoms with Crippen molar-refractivity contribution in [3.8, 4) is 6.07 Å². The maximum atomic E-state index is 12.5. The van der Waals surface area contributed by atoms with Crippen LogP contribution in [0.1, 0.15) is 40.0 Å². The molecule has 0 aromatic heterocycles. The van der Waals surface area contributed by atoms with E-state index >= 15 is 0 Å². The average molecular weight is 238 g/mol. The van der Waals surface area contributed by atoms with E-state index in [1.165, 1.54) is 0 Å². The summed E-state index contributed by atoms with van der Waals surface area (Å²) in [6.07, 6.45) is 2.03. The second kappa shape index (κ2) is 6.02. The van der Waals surface area contributed by atoms with Crippen LogP contribution >= 0.6 is 0 Å². The second-order valence-corrected chi connectivity index (χ2v) is 4.54. The molecule has 4 nitrogen and oxygen atoms in total. The Kier molecular flexibility index (Phi) is 4.95. The summed E-state index contributed by atoms with van der Waals surface area (Å²) in [6.45, 7) is 7.65. The number of morpholine rings is 1. The van der Waals surface area contributed by atoms with Crippen LogP contribution in [0.25, 0.3) is 0 Å². The zero-order chi connectivity index (χ0) is 12.9. The molecule has 4 heteroatoms. The van der Waals surface area contributed by atoms with Crippen LogP contribution in [0.3, 0.4) is 0 Å². The Morgan fingerprint density at radius 1 is 1.47 bits per heavy atom. The van der Waals surface area contributed by atoms with Crippen LogP contribution < -0.4 is 0 Å². The highest BCUT2D eigenvalue weighted by Crippen LogP contribution is 2.30. The van der Waals surface area contributed by atoms with Crippen LogP contribution in [-0.4, -0.2) is 36.6 Å². The summed E-state index contributed by atoms with van der Waals surface area (Å²) in [5.74, 6) is -0.0137. The highest BCUT2D eigenvalue weighted by molar-refractivity contribution is 5.85. The number of nitriles is 1. The Labute approximate surface area is 104 Å². The first kappa shape index (κ1) is 14.0. The number of hydrogen-bond donors (Lipinski definition) is 0. The SMILES string of the molecule is CCC1COCCN1C(=O)C(C#N)(CC)CC. The standard InChI is InChI=1S/C13H22N2O2/c1-4-11-9-17-8-7-15(11)12(16)13(5-2,6-3)10-14/h11H,4-9H2,1-3H3. The van der Waals surface area contributed by atoms with E-state index in [4.69, 9.17) is 4.74 Å². The zero-order valence-corrected chi connectivity index (χ0v) is 11.0. The van der Waals surface area contributed by atoms with Crippen LogP contribution in [0.4, 0.5) is 0 Å². The topological polar surface area (TPSA) is 53.3 Å². The number of hydrogen-bond acceptors (Lipinski definition) is 3. The van der Waals surface area contributed by atoms with Gasteiger partial charge in [0.05, 0.1) is 25.3 Å². The lowest BCUT2D eigenvalue weighted by molar-refractivity contribution is -0.148. The lowest BCUT2D eigenvalue weighted by atomic mass is 9.82. The summed E-state index contributed by atoms with van der Waals surface area (Å²) in [7, 11) is 0. The third-order valence-electron chi connectivity index (χ3n) is 3.79. The fourth-order valence-electron chi connectivity index (χ4n) is 2.29. The molecule has 0 aromatic carbocycles. The zero-order valence-electron chi connectivity index (χ0n) is 11.0. The number of amides is 1. The van der Waals surface area contributed by atoms with Crippen molar-refractivity contribution in [3.63, 3.8) is 0 Å².